The predicted molar refractivity (Wildman–Crippen MR) is 89.2 cm³/mol. The van der Waals surface area contributed by atoms with Crippen LogP contribution in [0.1, 0.15) is 25.0 Å². The SMILES string of the molecule is CC(C)Oc1ccc(CC(=O)NCc2ccccc2)cc1Cl. The molecule has 2 aromatic carbocycles. The zero-order valence-electron chi connectivity index (χ0n) is 12.8. The number of benzene rings is 2. The van der Waals surface area contributed by atoms with Crippen molar-refractivity contribution >= 4 is 17.5 Å². The molecule has 0 atom stereocenters. The summed E-state index contributed by atoms with van der Waals surface area (Å²) in [6, 6.07) is 15.3. The number of halogens is 1. The summed E-state index contributed by atoms with van der Waals surface area (Å²) in [5.74, 6) is 0.613. The second-order valence-electron chi connectivity index (χ2n) is 5.37. The van der Waals surface area contributed by atoms with Crippen molar-refractivity contribution in [1.29, 1.82) is 0 Å². The molecule has 0 saturated carbocycles. The molecule has 2 rings (SSSR count). The first-order chi connectivity index (χ1) is 10.5. The van der Waals surface area contributed by atoms with Gasteiger partial charge in [-0.2, -0.15) is 0 Å². The van der Waals surface area contributed by atoms with Gasteiger partial charge in [-0.15, -0.1) is 0 Å². The van der Waals surface area contributed by atoms with Gasteiger partial charge >= 0.3 is 0 Å². The number of carbonyl (C=O) groups excluding carboxylic acids is 1. The largest absolute Gasteiger partial charge is 0.489 e. The standard InChI is InChI=1S/C18H20ClNO2/c1-13(2)22-17-9-8-15(10-16(17)19)11-18(21)20-12-14-6-4-3-5-7-14/h3-10,13H,11-12H2,1-2H3,(H,20,21). The maximum Gasteiger partial charge on any atom is 0.224 e. The van der Waals surface area contributed by atoms with Crippen molar-refractivity contribution in [3.8, 4) is 5.75 Å². The molecule has 0 unspecified atom stereocenters. The minimum absolute atomic E-state index is 0.0301. The lowest BCUT2D eigenvalue weighted by Crippen LogP contribution is -2.24. The van der Waals surface area contributed by atoms with Crippen LogP contribution in [0, 0.1) is 0 Å². The average Bonchev–Trinajstić information content (AvgIpc) is 2.49. The van der Waals surface area contributed by atoms with E-state index < -0.39 is 0 Å². The summed E-state index contributed by atoms with van der Waals surface area (Å²) in [7, 11) is 0. The number of hydrogen-bond acceptors (Lipinski definition) is 2. The van der Waals surface area contributed by atoms with Crippen LogP contribution in [-0.2, 0) is 17.8 Å². The van der Waals surface area contributed by atoms with Gasteiger partial charge in [-0.05, 0) is 37.1 Å². The third-order valence-corrected chi connectivity index (χ3v) is 3.35. The van der Waals surface area contributed by atoms with Gasteiger partial charge in [0.05, 0.1) is 17.5 Å². The number of amides is 1. The van der Waals surface area contributed by atoms with Crippen molar-refractivity contribution in [2.75, 3.05) is 0 Å². The Morgan fingerprint density at radius 1 is 1.14 bits per heavy atom. The molecule has 1 N–H and O–H groups in total. The van der Waals surface area contributed by atoms with Gasteiger partial charge in [-0.1, -0.05) is 48.0 Å². The minimum Gasteiger partial charge on any atom is -0.489 e. The van der Waals surface area contributed by atoms with E-state index in [9.17, 15) is 4.79 Å². The summed E-state index contributed by atoms with van der Waals surface area (Å²) >= 11 is 6.17. The fraction of sp³-hybridized carbons (Fsp3) is 0.278. The molecular weight excluding hydrogens is 298 g/mol. The summed E-state index contributed by atoms with van der Waals surface area (Å²) < 4.78 is 5.58. The molecule has 0 spiro atoms. The molecule has 0 bridgehead atoms. The van der Waals surface area contributed by atoms with E-state index in [2.05, 4.69) is 5.32 Å². The predicted octanol–water partition coefficient (Wildman–Crippen LogP) is 3.99. The Labute approximate surface area is 136 Å². The molecule has 0 saturated heterocycles. The number of rotatable bonds is 6. The van der Waals surface area contributed by atoms with E-state index in [1.807, 2.05) is 56.3 Å². The Kier molecular flexibility index (Phi) is 5.84. The van der Waals surface area contributed by atoms with E-state index in [4.69, 9.17) is 16.3 Å². The number of ether oxygens (including phenoxy) is 1. The molecule has 0 aliphatic heterocycles. The van der Waals surface area contributed by atoms with Crippen molar-refractivity contribution in [3.63, 3.8) is 0 Å². The molecule has 4 heteroatoms. The monoisotopic (exact) mass is 317 g/mol. The fourth-order valence-electron chi connectivity index (χ4n) is 2.05. The quantitative estimate of drug-likeness (QED) is 0.875. The highest BCUT2D eigenvalue weighted by Gasteiger charge is 2.08. The Morgan fingerprint density at radius 3 is 2.50 bits per heavy atom. The van der Waals surface area contributed by atoms with E-state index in [0.717, 1.165) is 11.1 Å². The van der Waals surface area contributed by atoms with Crippen LogP contribution in [-0.4, -0.2) is 12.0 Å². The van der Waals surface area contributed by atoms with Crippen LogP contribution in [0.15, 0.2) is 48.5 Å². The molecule has 0 aliphatic carbocycles. The van der Waals surface area contributed by atoms with Crippen molar-refractivity contribution < 1.29 is 9.53 Å². The molecule has 1 amide bonds. The lowest BCUT2D eigenvalue weighted by molar-refractivity contribution is -0.120. The van der Waals surface area contributed by atoms with Crippen molar-refractivity contribution in [1.82, 2.24) is 5.32 Å². The fourth-order valence-corrected chi connectivity index (χ4v) is 2.30. The number of nitrogens with one attached hydrogen (secondary N) is 1. The topological polar surface area (TPSA) is 38.3 Å². The minimum atomic E-state index is -0.0301. The average molecular weight is 318 g/mol. The first-order valence-electron chi connectivity index (χ1n) is 7.30. The van der Waals surface area contributed by atoms with Crippen LogP contribution in [0.2, 0.25) is 5.02 Å². The van der Waals surface area contributed by atoms with Crippen LogP contribution >= 0.6 is 11.6 Å². The molecule has 0 fully saturated rings. The molecule has 22 heavy (non-hydrogen) atoms. The highest BCUT2D eigenvalue weighted by molar-refractivity contribution is 6.32. The van der Waals surface area contributed by atoms with Crippen molar-refractivity contribution in [3.05, 3.63) is 64.7 Å². The van der Waals surface area contributed by atoms with E-state index in [1.165, 1.54) is 0 Å². The number of carbonyl (C=O) groups is 1. The smallest absolute Gasteiger partial charge is 0.224 e. The van der Waals surface area contributed by atoms with Gasteiger partial charge in [-0.25, -0.2) is 0 Å². The van der Waals surface area contributed by atoms with E-state index in [0.29, 0.717) is 23.7 Å². The second kappa shape index (κ2) is 7.85. The molecule has 0 aromatic heterocycles. The highest BCUT2D eigenvalue weighted by Crippen LogP contribution is 2.26. The zero-order chi connectivity index (χ0) is 15.9. The Hall–Kier alpha value is -2.00. The van der Waals surface area contributed by atoms with Crippen LogP contribution < -0.4 is 10.1 Å². The van der Waals surface area contributed by atoms with Gasteiger partial charge in [0, 0.05) is 6.54 Å². The molecule has 0 aliphatic rings. The van der Waals surface area contributed by atoms with E-state index >= 15 is 0 Å². The lowest BCUT2D eigenvalue weighted by atomic mass is 10.1. The van der Waals surface area contributed by atoms with Crippen molar-refractivity contribution in [2.45, 2.75) is 32.9 Å². The summed E-state index contributed by atoms with van der Waals surface area (Å²) in [5, 5.41) is 3.43. The highest BCUT2D eigenvalue weighted by atomic mass is 35.5. The third-order valence-electron chi connectivity index (χ3n) is 3.06. The summed E-state index contributed by atoms with van der Waals surface area (Å²) in [6.45, 7) is 4.42. The first-order valence-corrected chi connectivity index (χ1v) is 7.68. The van der Waals surface area contributed by atoms with Crippen LogP contribution in [0.3, 0.4) is 0 Å². The maximum absolute atomic E-state index is 12.0. The Bertz CT molecular complexity index is 626. The van der Waals surface area contributed by atoms with Gasteiger partial charge in [-0.3, -0.25) is 4.79 Å². The molecule has 0 heterocycles. The van der Waals surface area contributed by atoms with Crippen LogP contribution in [0.25, 0.3) is 0 Å². The summed E-state index contributed by atoms with van der Waals surface area (Å²) in [5.41, 5.74) is 1.95. The molecule has 2 aromatic rings. The maximum atomic E-state index is 12.0. The normalized spacial score (nSPS) is 10.5. The van der Waals surface area contributed by atoms with Gasteiger partial charge < -0.3 is 10.1 Å². The molecule has 3 nitrogen and oxygen atoms in total. The molecule has 0 radical (unpaired) electrons. The van der Waals surface area contributed by atoms with E-state index in [-0.39, 0.29) is 12.0 Å². The van der Waals surface area contributed by atoms with Gasteiger partial charge in [0.2, 0.25) is 5.91 Å². The summed E-state index contributed by atoms with van der Waals surface area (Å²) in [4.78, 5) is 12.0. The Morgan fingerprint density at radius 2 is 1.86 bits per heavy atom. The lowest BCUT2D eigenvalue weighted by Gasteiger charge is -2.12. The number of hydrogen-bond donors (Lipinski definition) is 1. The van der Waals surface area contributed by atoms with Gasteiger partial charge in [0.1, 0.15) is 5.75 Å². The molecular formula is C18H20ClNO2. The third kappa shape index (κ3) is 5.08. The first kappa shape index (κ1) is 16.4. The van der Waals surface area contributed by atoms with E-state index in [1.54, 1.807) is 6.07 Å². The molecule has 116 valence electrons. The van der Waals surface area contributed by atoms with Gasteiger partial charge in [0.15, 0.2) is 0 Å². The Balaban J connectivity index is 1.90. The van der Waals surface area contributed by atoms with Crippen LogP contribution in [0.4, 0.5) is 0 Å². The van der Waals surface area contributed by atoms with Crippen LogP contribution in [0.5, 0.6) is 5.75 Å². The van der Waals surface area contributed by atoms with Gasteiger partial charge in [0.25, 0.3) is 0 Å². The zero-order valence-corrected chi connectivity index (χ0v) is 13.6. The summed E-state index contributed by atoms with van der Waals surface area (Å²) in [6.07, 6.45) is 0.367. The van der Waals surface area contributed by atoms with Crippen molar-refractivity contribution in [2.24, 2.45) is 0 Å². The second-order valence-corrected chi connectivity index (χ2v) is 5.78.